The van der Waals surface area contributed by atoms with Gasteiger partial charge in [0.25, 0.3) is 0 Å². The van der Waals surface area contributed by atoms with E-state index in [0.717, 1.165) is 61.6 Å². The third-order valence-corrected chi connectivity index (χ3v) is 12.4. The van der Waals surface area contributed by atoms with Crippen LogP contribution in [0.15, 0.2) is 73.1 Å². The second-order valence-corrected chi connectivity index (χ2v) is 17.1. The molecule has 0 amide bonds. The smallest absolute Gasteiger partial charge is 0.304 e. The highest BCUT2D eigenvalue weighted by Crippen LogP contribution is 2.43. The van der Waals surface area contributed by atoms with E-state index in [9.17, 15) is 17.6 Å². The fraction of sp³-hybridized carbons (Fsp3) is 0.422. The number of ether oxygens (including phenoxy) is 4. The van der Waals surface area contributed by atoms with E-state index in [-0.39, 0.29) is 23.1 Å². The van der Waals surface area contributed by atoms with E-state index in [1.165, 1.54) is 30.0 Å². The van der Waals surface area contributed by atoms with Gasteiger partial charge in [-0.25, -0.2) is 18.7 Å². The molecule has 0 N–H and O–H groups in total. The molecule has 4 aliphatic heterocycles. The van der Waals surface area contributed by atoms with Crippen LogP contribution in [-0.4, -0.2) is 119 Å². The van der Waals surface area contributed by atoms with E-state index in [4.69, 9.17) is 18.9 Å². The number of nitrogens with zero attached hydrogens (tertiary/aromatic N) is 12. The lowest BCUT2D eigenvalue weighted by atomic mass is 9.77. The van der Waals surface area contributed by atoms with Gasteiger partial charge in [0, 0.05) is 70.6 Å². The van der Waals surface area contributed by atoms with Crippen molar-refractivity contribution in [3.8, 4) is 28.9 Å². The zero-order valence-corrected chi connectivity index (χ0v) is 37.0. The second-order valence-electron chi connectivity index (χ2n) is 17.1. The minimum atomic E-state index is -3.19. The van der Waals surface area contributed by atoms with Crippen molar-refractivity contribution in [3.63, 3.8) is 0 Å². The highest BCUT2D eigenvalue weighted by atomic mass is 19.3. The number of hydrogen-bond acceptors (Lipinski definition) is 14. The predicted molar refractivity (Wildman–Crippen MR) is 234 cm³/mol. The summed E-state index contributed by atoms with van der Waals surface area (Å²) in [5.74, 6) is -0.954. The Morgan fingerprint density at radius 2 is 1.28 bits per heavy atom. The van der Waals surface area contributed by atoms with Crippen LogP contribution >= 0.6 is 0 Å². The summed E-state index contributed by atoms with van der Waals surface area (Å²) >= 11 is 0. The van der Waals surface area contributed by atoms with Crippen LogP contribution < -0.4 is 33.8 Å². The van der Waals surface area contributed by atoms with Crippen LogP contribution in [0.1, 0.15) is 44.4 Å². The molecule has 342 valence electrons. The number of alkyl halides is 2. The summed E-state index contributed by atoms with van der Waals surface area (Å²) in [6, 6.07) is 17.1. The molecule has 4 aliphatic rings. The number of halogens is 4. The highest BCUT2D eigenvalue weighted by molar-refractivity contribution is 5.63. The highest BCUT2D eigenvalue weighted by Gasteiger charge is 2.42. The van der Waals surface area contributed by atoms with Crippen molar-refractivity contribution in [2.45, 2.75) is 57.2 Å². The number of hydrogen-bond donors (Lipinski definition) is 0. The summed E-state index contributed by atoms with van der Waals surface area (Å²) in [4.78, 5) is 17.1. The maximum absolute atomic E-state index is 14.3. The number of benzene rings is 2. The molecule has 0 saturated carbocycles. The van der Waals surface area contributed by atoms with Crippen molar-refractivity contribution in [1.29, 1.82) is 0 Å². The van der Waals surface area contributed by atoms with Crippen LogP contribution in [0.2, 0.25) is 0 Å². The van der Waals surface area contributed by atoms with Gasteiger partial charge in [0.05, 0.1) is 62.3 Å². The zero-order valence-electron chi connectivity index (χ0n) is 37.0. The standard InChI is InChI=1S/C24H29FN6O2.C21H21F3N6O2/c1-24(2)9-10-30(20-7-5-16(25)11-19(20)24)18-13-29(14-18)23-28-27-21(15-32-3)31(23)17-6-8-22(33-4)26-12-17;1-21(23,24)19-26-27-20(30(19)14-4-6-18(31-2)25-10-14)28-11-15(12-28)29-7-8-32-17-9-13(22)3-5-16(17)29/h5-8,11-12,18H,9-10,13-15H2,1-4H3;3-6,9-10,15H,7-8,11-12H2,1-2H3. The van der Waals surface area contributed by atoms with Crippen molar-refractivity contribution >= 4 is 23.3 Å². The average molecular weight is 899 g/mol. The van der Waals surface area contributed by atoms with Gasteiger partial charge in [0.15, 0.2) is 5.82 Å². The Labute approximate surface area is 373 Å². The number of pyridine rings is 2. The molecule has 0 unspecified atom stereocenters. The van der Waals surface area contributed by atoms with E-state index in [0.29, 0.717) is 73.9 Å². The SMILES string of the molecule is COCc1nnc(N2CC(N3CCC(C)(C)c4cc(F)ccc43)C2)n1-c1ccc(OC)nc1.COc1ccc(-n2c(N3CC(N4CCOc5cc(F)ccc54)C3)nnc2C(C)(F)F)cn1. The Morgan fingerprint density at radius 1 is 0.708 bits per heavy atom. The molecule has 20 heteroatoms. The van der Waals surface area contributed by atoms with Crippen molar-refractivity contribution in [2.24, 2.45) is 0 Å². The number of anilines is 4. The van der Waals surface area contributed by atoms with Crippen LogP contribution in [0, 0.1) is 11.6 Å². The lowest BCUT2D eigenvalue weighted by molar-refractivity contribution is 0.00589. The van der Waals surface area contributed by atoms with Crippen molar-refractivity contribution < 1.29 is 36.5 Å². The van der Waals surface area contributed by atoms with Gasteiger partial charge < -0.3 is 38.5 Å². The lowest BCUT2D eigenvalue weighted by Crippen LogP contribution is -2.62. The summed E-state index contributed by atoms with van der Waals surface area (Å²) in [6.07, 6.45) is 4.19. The van der Waals surface area contributed by atoms with Gasteiger partial charge in [-0.3, -0.25) is 9.13 Å². The Bertz CT molecular complexity index is 2630. The van der Waals surface area contributed by atoms with Crippen LogP contribution in [0.5, 0.6) is 17.5 Å². The summed E-state index contributed by atoms with van der Waals surface area (Å²) in [6.45, 7) is 10.3. The molecule has 6 aromatic rings. The third-order valence-electron chi connectivity index (χ3n) is 12.4. The zero-order chi connectivity index (χ0) is 45.6. The first-order chi connectivity index (χ1) is 31.3. The first kappa shape index (κ1) is 43.5. The monoisotopic (exact) mass is 898 g/mol. The van der Waals surface area contributed by atoms with E-state index >= 15 is 0 Å². The maximum Gasteiger partial charge on any atom is 0.304 e. The second kappa shape index (κ2) is 17.4. The number of fused-ring (bicyclic) bond motifs is 2. The molecule has 0 aliphatic carbocycles. The first-order valence-corrected chi connectivity index (χ1v) is 21.3. The Balaban J connectivity index is 0.000000164. The van der Waals surface area contributed by atoms with Crippen molar-refractivity contribution in [1.82, 2.24) is 39.5 Å². The molecule has 4 aromatic heterocycles. The molecule has 0 spiro atoms. The number of aromatic nitrogens is 8. The van der Waals surface area contributed by atoms with Crippen LogP contribution in [0.4, 0.5) is 40.8 Å². The quantitative estimate of drug-likeness (QED) is 0.134. The van der Waals surface area contributed by atoms with E-state index in [1.807, 2.05) is 27.7 Å². The Hall–Kier alpha value is -6.70. The van der Waals surface area contributed by atoms with Gasteiger partial charge in [-0.15, -0.1) is 20.4 Å². The van der Waals surface area contributed by atoms with Gasteiger partial charge in [-0.2, -0.15) is 8.78 Å². The van der Waals surface area contributed by atoms with Crippen LogP contribution in [-0.2, 0) is 22.7 Å². The minimum Gasteiger partial charge on any atom is -0.489 e. The summed E-state index contributed by atoms with van der Waals surface area (Å²) in [5, 5.41) is 16.7. The van der Waals surface area contributed by atoms with E-state index in [1.54, 1.807) is 50.7 Å². The summed E-state index contributed by atoms with van der Waals surface area (Å²) in [7, 11) is 4.72. The van der Waals surface area contributed by atoms with Gasteiger partial charge in [-0.1, -0.05) is 13.8 Å². The van der Waals surface area contributed by atoms with Gasteiger partial charge in [0.1, 0.15) is 30.6 Å². The fourth-order valence-electron chi connectivity index (χ4n) is 8.81. The van der Waals surface area contributed by atoms with Gasteiger partial charge in [0.2, 0.25) is 29.5 Å². The molecule has 2 saturated heterocycles. The van der Waals surface area contributed by atoms with E-state index < -0.39 is 11.7 Å². The molecule has 0 atom stereocenters. The normalized spacial score (nSPS) is 17.0. The van der Waals surface area contributed by atoms with Crippen molar-refractivity contribution in [2.75, 3.05) is 86.8 Å². The molecular formula is C45H50F4N12O4. The molecule has 0 bridgehead atoms. The topological polar surface area (TPSA) is 137 Å². The van der Waals surface area contributed by atoms with E-state index in [2.05, 4.69) is 58.9 Å². The van der Waals surface area contributed by atoms with Gasteiger partial charge >= 0.3 is 5.92 Å². The Kier molecular flexibility index (Phi) is 11.6. The average Bonchev–Trinajstić information content (AvgIpc) is 3.89. The summed E-state index contributed by atoms with van der Waals surface area (Å²) < 4.78 is 80.6. The lowest BCUT2D eigenvalue weighted by Gasteiger charge is -2.50. The Morgan fingerprint density at radius 3 is 1.86 bits per heavy atom. The number of rotatable bonds is 11. The number of methoxy groups -OCH3 is 3. The molecule has 10 rings (SSSR count). The molecule has 0 radical (unpaired) electrons. The molecule has 2 fully saturated rings. The van der Waals surface area contributed by atoms with Gasteiger partial charge in [-0.05, 0) is 59.9 Å². The van der Waals surface area contributed by atoms with Crippen LogP contribution in [0.3, 0.4) is 0 Å². The minimum absolute atomic E-state index is 0.0338. The molecule has 65 heavy (non-hydrogen) atoms. The third kappa shape index (κ3) is 8.42. The molecular weight excluding hydrogens is 849 g/mol. The molecule has 16 nitrogen and oxygen atoms in total. The van der Waals surface area contributed by atoms with Crippen molar-refractivity contribution in [3.05, 3.63) is 102 Å². The first-order valence-electron chi connectivity index (χ1n) is 21.3. The largest absolute Gasteiger partial charge is 0.489 e. The summed E-state index contributed by atoms with van der Waals surface area (Å²) in [5.41, 5.74) is 4.28. The molecule has 8 heterocycles. The predicted octanol–water partition coefficient (Wildman–Crippen LogP) is 6.34. The maximum atomic E-state index is 14.3. The fourth-order valence-corrected chi connectivity index (χ4v) is 8.81. The van der Waals surface area contributed by atoms with Crippen LogP contribution in [0.25, 0.3) is 11.4 Å². The molecule has 2 aromatic carbocycles.